The normalized spacial score (nSPS) is 17.2. The molecule has 1 N–H and O–H groups in total. The lowest BCUT2D eigenvalue weighted by Gasteiger charge is -2.28. The predicted molar refractivity (Wildman–Crippen MR) is 85.4 cm³/mol. The third-order valence-electron chi connectivity index (χ3n) is 4.03. The number of likely N-dealkylation sites (tertiary alicyclic amines) is 1. The summed E-state index contributed by atoms with van der Waals surface area (Å²) >= 11 is 5.80. The van der Waals surface area contributed by atoms with Gasteiger partial charge in [0, 0.05) is 12.6 Å². The maximum atomic E-state index is 5.80. The highest BCUT2D eigenvalue weighted by Crippen LogP contribution is 2.24. The van der Waals surface area contributed by atoms with Crippen LogP contribution >= 0.6 is 11.6 Å². The molecule has 0 amide bonds. The van der Waals surface area contributed by atoms with E-state index in [2.05, 4.69) is 40.5 Å². The summed E-state index contributed by atoms with van der Waals surface area (Å²) in [7, 11) is 0. The van der Waals surface area contributed by atoms with E-state index < -0.39 is 0 Å². The van der Waals surface area contributed by atoms with E-state index in [0.29, 0.717) is 17.8 Å². The molecule has 112 valence electrons. The maximum absolute atomic E-state index is 5.80. The first-order chi connectivity index (χ1) is 10.3. The molecule has 2 heterocycles. The van der Waals surface area contributed by atoms with E-state index >= 15 is 0 Å². The van der Waals surface area contributed by atoms with Gasteiger partial charge in [-0.25, -0.2) is 0 Å². The van der Waals surface area contributed by atoms with Gasteiger partial charge in [-0.3, -0.25) is 4.90 Å². The van der Waals surface area contributed by atoms with Crippen LogP contribution in [0.5, 0.6) is 0 Å². The Hall–Kier alpha value is -1.29. The summed E-state index contributed by atoms with van der Waals surface area (Å²) < 4.78 is 5.39. The first kappa shape index (κ1) is 14.6. The van der Waals surface area contributed by atoms with Crippen molar-refractivity contribution in [1.82, 2.24) is 10.2 Å². The Morgan fingerprint density at radius 1 is 1.10 bits per heavy atom. The van der Waals surface area contributed by atoms with Gasteiger partial charge in [-0.1, -0.05) is 30.3 Å². The monoisotopic (exact) mass is 304 g/mol. The van der Waals surface area contributed by atoms with Crippen LogP contribution in [0.2, 0.25) is 5.22 Å². The second-order valence-corrected chi connectivity index (χ2v) is 5.88. The Morgan fingerprint density at radius 3 is 2.52 bits per heavy atom. The number of hydrogen-bond acceptors (Lipinski definition) is 3. The SMILES string of the molecule is Clc1ccc(CNCC(c2ccccc2)N2CCCC2)o1. The van der Waals surface area contributed by atoms with Crippen molar-refractivity contribution in [2.24, 2.45) is 0 Å². The average Bonchev–Trinajstić information content (AvgIpc) is 3.16. The van der Waals surface area contributed by atoms with Gasteiger partial charge < -0.3 is 9.73 Å². The molecule has 0 bridgehead atoms. The second-order valence-electron chi connectivity index (χ2n) is 5.51. The van der Waals surface area contributed by atoms with Gasteiger partial charge in [0.2, 0.25) is 0 Å². The zero-order valence-electron chi connectivity index (χ0n) is 12.1. The third kappa shape index (κ3) is 3.88. The molecule has 21 heavy (non-hydrogen) atoms. The van der Waals surface area contributed by atoms with E-state index in [0.717, 1.165) is 12.3 Å². The van der Waals surface area contributed by atoms with Gasteiger partial charge >= 0.3 is 0 Å². The van der Waals surface area contributed by atoms with Crippen LogP contribution in [-0.4, -0.2) is 24.5 Å². The molecule has 1 saturated heterocycles. The standard InChI is InChI=1S/C17H21ClN2O/c18-17-9-8-15(21-17)12-19-13-16(20-10-4-5-11-20)14-6-2-1-3-7-14/h1-3,6-9,16,19H,4-5,10-13H2. The summed E-state index contributed by atoms with van der Waals surface area (Å²) in [5.74, 6) is 0.883. The fraction of sp³-hybridized carbons (Fsp3) is 0.412. The highest BCUT2D eigenvalue weighted by Gasteiger charge is 2.22. The number of rotatable bonds is 6. The van der Waals surface area contributed by atoms with Gasteiger partial charge in [0.05, 0.1) is 6.54 Å². The number of benzene rings is 1. The maximum Gasteiger partial charge on any atom is 0.193 e. The number of furan rings is 1. The number of nitrogens with zero attached hydrogens (tertiary/aromatic N) is 1. The minimum atomic E-state index is 0.430. The summed E-state index contributed by atoms with van der Waals surface area (Å²) in [6, 6.07) is 14.9. The molecule has 0 aliphatic carbocycles. The van der Waals surface area contributed by atoms with E-state index in [1.165, 1.54) is 31.5 Å². The molecule has 0 spiro atoms. The van der Waals surface area contributed by atoms with Crippen molar-refractivity contribution in [2.45, 2.75) is 25.4 Å². The Balaban J connectivity index is 1.62. The molecule has 1 aromatic heterocycles. The van der Waals surface area contributed by atoms with Gasteiger partial charge in [0.15, 0.2) is 5.22 Å². The molecular weight excluding hydrogens is 284 g/mol. The highest BCUT2D eigenvalue weighted by molar-refractivity contribution is 6.28. The number of hydrogen-bond donors (Lipinski definition) is 1. The lowest BCUT2D eigenvalue weighted by atomic mass is 10.1. The molecule has 3 rings (SSSR count). The van der Waals surface area contributed by atoms with E-state index in [1.54, 1.807) is 6.07 Å². The lowest BCUT2D eigenvalue weighted by Crippen LogP contribution is -2.33. The zero-order chi connectivity index (χ0) is 14.5. The predicted octanol–water partition coefficient (Wildman–Crippen LogP) is 3.86. The molecule has 0 saturated carbocycles. The second kappa shape index (κ2) is 7.12. The molecule has 1 aromatic carbocycles. The van der Waals surface area contributed by atoms with Crippen LogP contribution in [0.3, 0.4) is 0 Å². The molecule has 3 nitrogen and oxygen atoms in total. The van der Waals surface area contributed by atoms with Gasteiger partial charge in [0.1, 0.15) is 5.76 Å². The fourth-order valence-electron chi connectivity index (χ4n) is 2.97. The van der Waals surface area contributed by atoms with Crippen molar-refractivity contribution in [3.63, 3.8) is 0 Å². The number of halogens is 1. The minimum Gasteiger partial charge on any atom is -0.448 e. The summed E-state index contributed by atoms with van der Waals surface area (Å²) in [6.07, 6.45) is 2.61. The number of nitrogens with one attached hydrogen (secondary N) is 1. The molecule has 1 fully saturated rings. The molecule has 2 aromatic rings. The van der Waals surface area contributed by atoms with Crippen LogP contribution in [0.25, 0.3) is 0 Å². The lowest BCUT2D eigenvalue weighted by molar-refractivity contribution is 0.237. The first-order valence-electron chi connectivity index (χ1n) is 7.57. The molecule has 1 atom stereocenters. The van der Waals surface area contributed by atoms with Crippen LogP contribution < -0.4 is 5.32 Å². The molecule has 1 unspecified atom stereocenters. The van der Waals surface area contributed by atoms with Crippen molar-refractivity contribution < 1.29 is 4.42 Å². The third-order valence-corrected chi connectivity index (χ3v) is 4.23. The van der Waals surface area contributed by atoms with Gasteiger partial charge in [0.25, 0.3) is 0 Å². The Bertz CT molecular complexity index is 549. The summed E-state index contributed by atoms with van der Waals surface area (Å²) in [5, 5.41) is 3.95. The largest absolute Gasteiger partial charge is 0.448 e. The Morgan fingerprint density at radius 2 is 1.86 bits per heavy atom. The van der Waals surface area contributed by atoms with Gasteiger partial charge in [-0.15, -0.1) is 0 Å². The van der Waals surface area contributed by atoms with E-state index in [-0.39, 0.29) is 0 Å². The van der Waals surface area contributed by atoms with Crippen LogP contribution in [0.4, 0.5) is 0 Å². The Labute approximate surface area is 130 Å². The minimum absolute atomic E-state index is 0.430. The van der Waals surface area contributed by atoms with E-state index in [4.69, 9.17) is 16.0 Å². The molecule has 1 aliphatic rings. The fourth-order valence-corrected chi connectivity index (χ4v) is 3.13. The molecule has 1 aliphatic heterocycles. The molecular formula is C17H21ClN2O. The van der Waals surface area contributed by atoms with Crippen molar-refractivity contribution in [2.75, 3.05) is 19.6 Å². The van der Waals surface area contributed by atoms with Crippen LogP contribution in [0.1, 0.15) is 30.2 Å². The summed E-state index contributed by atoms with van der Waals surface area (Å²) in [6.45, 7) is 4.01. The van der Waals surface area contributed by atoms with Gasteiger partial charge in [-0.05, 0) is 55.2 Å². The topological polar surface area (TPSA) is 28.4 Å². The molecule has 4 heteroatoms. The quantitative estimate of drug-likeness (QED) is 0.878. The average molecular weight is 305 g/mol. The van der Waals surface area contributed by atoms with Crippen molar-refractivity contribution in [3.05, 3.63) is 59.0 Å². The first-order valence-corrected chi connectivity index (χ1v) is 7.94. The van der Waals surface area contributed by atoms with Crippen LogP contribution in [-0.2, 0) is 6.54 Å². The summed E-state index contributed by atoms with van der Waals surface area (Å²) in [4.78, 5) is 2.57. The van der Waals surface area contributed by atoms with E-state index in [9.17, 15) is 0 Å². The van der Waals surface area contributed by atoms with Crippen molar-refractivity contribution in [3.8, 4) is 0 Å². The van der Waals surface area contributed by atoms with Crippen LogP contribution in [0, 0.1) is 0 Å². The van der Waals surface area contributed by atoms with Crippen molar-refractivity contribution >= 4 is 11.6 Å². The van der Waals surface area contributed by atoms with Crippen LogP contribution in [0.15, 0.2) is 46.9 Å². The van der Waals surface area contributed by atoms with Gasteiger partial charge in [-0.2, -0.15) is 0 Å². The smallest absolute Gasteiger partial charge is 0.193 e. The van der Waals surface area contributed by atoms with E-state index in [1.807, 2.05) is 6.07 Å². The molecule has 0 radical (unpaired) electrons. The van der Waals surface area contributed by atoms with Crippen molar-refractivity contribution in [1.29, 1.82) is 0 Å². The highest BCUT2D eigenvalue weighted by atomic mass is 35.5. The Kier molecular flexibility index (Phi) is 4.96. The summed E-state index contributed by atoms with van der Waals surface area (Å²) in [5.41, 5.74) is 1.38. The zero-order valence-corrected chi connectivity index (χ0v) is 12.9.